The molecule has 2 aromatic carbocycles. The molecule has 0 unspecified atom stereocenters. The molecule has 3 aromatic rings. The summed E-state index contributed by atoms with van der Waals surface area (Å²) in [6.07, 6.45) is 2.91. The number of nitrogens with one attached hydrogen (secondary N) is 1. The number of hydrogen-bond acceptors (Lipinski definition) is 4. The number of thioether (sulfide) groups is 1. The number of hydrogen-bond donors (Lipinski definition) is 2. The maximum absolute atomic E-state index is 14.7. The molecule has 1 aromatic heterocycles. The molecule has 28 heavy (non-hydrogen) atoms. The average Bonchev–Trinajstić information content (AvgIpc) is 2.67. The van der Waals surface area contributed by atoms with E-state index in [0.717, 1.165) is 0 Å². The van der Waals surface area contributed by atoms with Crippen LogP contribution in [0.4, 0.5) is 34.8 Å². The monoisotopic (exact) mass is 407 g/mol. The summed E-state index contributed by atoms with van der Waals surface area (Å²) < 4.78 is 57.5. The summed E-state index contributed by atoms with van der Waals surface area (Å²) in [6.45, 7) is 1.56. The molecule has 8 heteroatoms. The third-order valence-corrected chi connectivity index (χ3v) is 5.02. The summed E-state index contributed by atoms with van der Waals surface area (Å²) in [5.41, 5.74) is 5.68. The van der Waals surface area contributed by atoms with E-state index in [0.29, 0.717) is 10.5 Å². The Hall–Kier alpha value is -2.74. The second kappa shape index (κ2) is 8.10. The van der Waals surface area contributed by atoms with Crippen molar-refractivity contribution in [1.29, 1.82) is 0 Å². The fourth-order valence-corrected chi connectivity index (χ4v) is 3.23. The highest BCUT2D eigenvalue weighted by Crippen LogP contribution is 2.31. The van der Waals surface area contributed by atoms with Gasteiger partial charge in [0.1, 0.15) is 5.82 Å². The zero-order valence-corrected chi connectivity index (χ0v) is 15.9. The predicted octanol–water partition coefficient (Wildman–Crippen LogP) is 5.58. The Morgan fingerprint density at radius 2 is 1.75 bits per heavy atom. The standard InChI is InChI=1S/C20H17F4N3S/c1-10-7-12(8-11-5-6-26-20(25)17(11)23)16(22)18(24)19(10)27-15-4-3-13(28-2)9-14(15)21/h3-7,9,27H,8H2,1-2H3,(H2,25,26). The van der Waals surface area contributed by atoms with Crippen molar-refractivity contribution in [3.8, 4) is 0 Å². The van der Waals surface area contributed by atoms with Crippen LogP contribution >= 0.6 is 11.8 Å². The Kier molecular flexibility index (Phi) is 5.79. The van der Waals surface area contributed by atoms with Crippen molar-refractivity contribution < 1.29 is 17.6 Å². The van der Waals surface area contributed by atoms with Crippen LogP contribution in [0.15, 0.2) is 41.4 Å². The topological polar surface area (TPSA) is 50.9 Å². The zero-order chi connectivity index (χ0) is 20.4. The van der Waals surface area contributed by atoms with Crippen molar-refractivity contribution in [2.45, 2.75) is 18.2 Å². The van der Waals surface area contributed by atoms with Gasteiger partial charge in [-0.15, -0.1) is 11.8 Å². The molecule has 1 heterocycles. The molecular formula is C20H17F4N3S. The van der Waals surface area contributed by atoms with Gasteiger partial charge in [0.2, 0.25) is 0 Å². The maximum atomic E-state index is 14.7. The van der Waals surface area contributed by atoms with Crippen molar-refractivity contribution in [3.63, 3.8) is 0 Å². The largest absolute Gasteiger partial charge is 0.381 e. The van der Waals surface area contributed by atoms with E-state index >= 15 is 0 Å². The lowest BCUT2D eigenvalue weighted by atomic mass is 10.0. The summed E-state index contributed by atoms with van der Waals surface area (Å²) in [6, 6.07) is 7.19. The van der Waals surface area contributed by atoms with Gasteiger partial charge in [-0.2, -0.15) is 0 Å². The smallest absolute Gasteiger partial charge is 0.182 e. The molecule has 0 atom stereocenters. The molecule has 3 nitrogen and oxygen atoms in total. The zero-order valence-electron chi connectivity index (χ0n) is 15.1. The molecule has 0 saturated carbocycles. The number of rotatable bonds is 5. The molecule has 3 rings (SSSR count). The average molecular weight is 407 g/mol. The highest BCUT2D eigenvalue weighted by Gasteiger charge is 2.19. The highest BCUT2D eigenvalue weighted by atomic mass is 32.2. The third-order valence-electron chi connectivity index (χ3n) is 4.29. The van der Waals surface area contributed by atoms with Gasteiger partial charge in [0, 0.05) is 17.5 Å². The Labute approximate surface area is 164 Å². The quantitative estimate of drug-likeness (QED) is 0.428. The minimum atomic E-state index is -1.16. The molecular weight excluding hydrogens is 390 g/mol. The first-order valence-electron chi connectivity index (χ1n) is 8.28. The van der Waals surface area contributed by atoms with E-state index in [2.05, 4.69) is 10.3 Å². The Balaban J connectivity index is 1.95. The lowest BCUT2D eigenvalue weighted by Crippen LogP contribution is -2.06. The van der Waals surface area contributed by atoms with Crippen LogP contribution in [0.2, 0.25) is 0 Å². The molecule has 0 aliphatic rings. The first-order valence-corrected chi connectivity index (χ1v) is 9.51. The first kappa shape index (κ1) is 20.0. The number of nitrogen functional groups attached to an aromatic ring is 1. The van der Waals surface area contributed by atoms with Gasteiger partial charge in [0.25, 0.3) is 0 Å². The molecule has 0 saturated heterocycles. The molecule has 0 spiro atoms. The normalized spacial score (nSPS) is 10.9. The summed E-state index contributed by atoms with van der Waals surface area (Å²) in [4.78, 5) is 4.32. The number of benzene rings is 2. The molecule has 3 N–H and O–H groups in total. The fourth-order valence-electron chi connectivity index (χ4n) is 2.81. The molecule has 0 aliphatic carbocycles. The number of halogens is 4. The van der Waals surface area contributed by atoms with Gasteiger partial charge in [-0.05, 0) is 54.1 Å². The fraction of sp³-hybridized carbons (Fsp3) is 0.150. The van der Waals surface area contributed by atoms with Crippen molar-refractivity contribution in [2.24, 2.45) is 0 Å². The number of aryl methyl sites for hydroxylation is 1. The number of anilines is 3. The van der Waals surface area contributed by atoms with Crippen LogP contribution in [0.3, 0.4) is 0 Å². The SMILES string of the molecule is CSc1ccc(Nc2c(C)cc(Cc3ccnc(N)c3F)c(F)c2F)c(F)c1. The van der Waals surface area contributed by atoms with Crippen LogP contribution in [0.25, 0.3) is 0 Å². The van der Waals surface area contributed by atoms with Crippen molar-refractivity contribution >= 4 is 29.0 Å². The summed E-state index contributed by atoms with van der Waals surface area (Å²) in [7, 11) is 0. The number of pyridine rings is 1. The van der Waals surface area contributed by atoms with Gasteiger partial charge in [-0.3, -0.25) is 0 Å². The van der Waals surface area contributed by atoms with Gasteiger partial charge < -0.3 is 11.1 Å². The van der Waals surface area contributed by atoms with Crippen molar-refractivity contribution in [3.05, 3.63) is 76.5 Å². The lowest BCUT2D eigenvalue weighted by Gasteiger charge is -2.15. The van der Waals surface area contributed by atoms with Gasteiger partial charge in [-0.1, -0.05) is 6.07 Å². The van der Waals surface area contributed by atoms with E-state index in [4.69, 9.17) is 5.73 Å². The highest BCUT2D eigenvalue weighted by molar-refractivity contribution is 7.98. The van der Waals surface area contributed by atoms with E-state index in [1.165, 1.54) is 42.2 Å². The van der Waals surface area contributed by atoms with Crippen LogP contribution < -0.4 is 11.1 Å². The second-order valence-electron chi connectivity index (χ2n) is 6.17. The lowest BCUT2D eigenvalue weighted by molar-refractivity contribution is 0.502. The Morgan fingerprint density at radius 3 is 2.43 bits per heavy atom. The van der Waals surface area contributed by atoms with Gasteiger partial charge >= 0.3 is 0 Å². The molecule has 146 valence electrons. The van der Waals surface area contributed by atoms with Crippen molar-refractivity contribution in [2.75, 3.05) is 17.3 Å². The minimum Gasteiger partial charge on any atom is -0.381 e. The minimum absolute atomic E-state index is 0.0277. The molecule has 0 radical (unpaired) electrons. The van der Waals surface area contributed by atoms with E-state index in [1.807, 2.05) is 0 Å². The summed E-state index contributed by atoms with van der Waals surface area (Å²) >= 11 is 1.37. The number of nitrogens with two attached hydrogens (primary N) is 1. The second-order valence-corrected chi connectivity index (χ2v) is 7.05. The molecule has 0 fully saturated rings. The van der Waals surface area contributed by atoms with Gasteiger partial charge in [0.05, 0.1) is 11.4 Å². The summed E-state index contributed by atoms with van der Waals surface area (Å²) in [5.74, 6) is -3.95. The van der Waals surface area contributed by atoms with Crippen LogP contribution in [0, 0.1) is 30.2 Å². The molecule has 0 amide bonds. The van der Waals surface area contributed by atoms with Gasteiger partial charge in [0.15, 0.2) is 23.3 Å². The van der Waals surface area contributed by atoms with Crippen LogP contribution in [-0.2, 0) is 6.42 Å². The third kappa shape index (κ3) is 3.91. The van der Waals surface area contributed by atoms with Crippen molar-refractivity contribution in [1.82, 2.24) is 4.98 Å². The van der Waals surface area contributed by atoms with Crippen LogP contribution in [0.1, 0.15) is 16.7 Å². The van der Waals surface area contributed by atoms with E-state index in [-0.39, 0.29) is 34.7 Å². The Morgan fingerprint density at radius 1 is 1.00 bits per heavy atom. The number of nitrogens with zero attached hydrogens (tertiary/aromatic N) is 1. The number of aromatic nitrogens is 1. The summed E-state index contributed by atoms with van der Waals surface area (Å²) in [5, 5.41) is 2.61. The predicted molar refractivity (Wildman–Crippen MR) is 104 cm³/mol. The van der Waals surface area contributed by atoms with E-state index in [1.54, 1.807) is 19.2 Å². The Bertz CT molecular complexity index is 1040. The molecule has 0 bridgehead atoms. The first-order chi connectivity index (χ1) is 13.3. The molecule has 0 aliphatic heterocycles. The maximum Gasteiger partial charge on any atom is 0.182 e. The van der Waals surface area contributed by atoms with Crippen LogP contribution in [0.5, 0.6) is 0 Å². The van der Waals surface area contributed by atoms with E-state index in [9.17, 15) is 17.6 Å². The van der Waals surface area contributed by atoms with E-state index < -0.39 is 23.3 Å². The van der Waals surface area contributed by atoms with Gasteiger partial charge in [-0.25, -0.2) is 22.5 Å². The van der Waals surface area contributed by atoms with Crippen LogP contribution in [-0.4, -0.2) is 11.2 Å².